The Morgan fingerprint density at radius 3 is 1.71 bits per heavy atom. The topological polar surface area (TPSA) is 72.8 Å². The average molecular weight is 535 g/mol. The van der Waals surface area contributed by atoms with Crippen molar-refractivity contribution < 1.29 is 24.2 Å². The molecule has 0 fully saturated rings. The largest absolute Gasteiger partial charge is 0.462 e. The Labute approximate surface area is 234 Å². The van der Waals surface area contributed by atoms with Gasteiger partial charge in [-0.05, 0) is 44.9 Å². The van der Waals surface area contributed by atoms with Gasteiger partial charge in [-0.1, -0.05) is 121 Å². The van der Waals surface area contributed by atoms with Gasteiger partial charge >= 0.3 is 11.9 Å². The lowest BCUT2D eigenvalue weighted by Crippen LogP contribution is -2.28. The summed E-state index contributed by atoms with van der Waals surface area (Å²) < 4.78 is 10.5. The number of unbranched alkanes of at least 4 members (excludes halogenated alkanes) is 13. The number of ether oxygens (including phenoxy) is 2. The van der Waals surface area contributed by atoms with Crippen molar-refractivity contribution in [1.29, 1.82) is 0 Å². The molecule has 5 heteroatoms. The minimum absolute atomic E-state index is 0.0762. The molecule has 0 aromatic rings. The van der Waals surface area contributed by atoms with Crippen LogP contribution >= 0.6 is 0 Å². The fraction of sp³-hybridized carbons (Fsp3) is 0.758. The van der Waals surface area contributed by atoms with E-state index in [1.54, 1.807) is 0 Å². The Hall–Kier alpha value is -1.88. The zero-order chi connectivity index (χ0) is 27.9. The van der Waals surface area contributed by atoms with E-state index >= 15 is 0 Å². The number of aliphatic hydroxyl groups excluding tert-OH is 1. The van der Waals surface area contributed by atoms with Crippen LogP contribution in [-0.2, 0) is 19.1 Å². The molecular formula is C33H58O5. The first kappa shape index (κ1) is 36.1. The number of carbonyl (C=O) groups is 2. The van der Waals surface area contributed by atoms with Gasteiger partial charge in [-0.15, -0.1) is 0 Å². The van der Waals surface area contributed by atoms with Crippen molar-refractivity contribution in [3.63, 3.8) is 0 Å². The van der Waals surface area contributed by atoms with E-state index in [2.05, 4.69) is 50.3 Å². The van der Waals surface area contributed by atoms with Crippen LogP contribution in [0.25, 0.3) is 0 Å². The first-order valence-electron chi connectivity index (χ1n) is 15.5. The van der Waals surface area contributed by atoms with Crippen LogP contribution in [0.15, 0.2) is 36.5 Å². The van der Waals surface area contributed by atoms with Crippen molar-refractivity contribution in [2.45, 2.75) is 148 Å². The third-order valence-corrected chi connectivity index (χ3v) is 6.45. The van der Waals surface area contributed by atoms with E-state index in [4.69, 9.17) is 9.47 Å². The predicted octanol–water partition coefficient (Wildman–Crippen LogP) is 8.94. The predicted molar refractivity (Wildman–Crippen MR) is 159 cm³/mol. The van der Waals surface area contributed by atoms with Gasteiger partial charge in [0.15, 0.2) is 6.10 Å². The van der Waals surface area contributed by atoms with Gasteiger partial charge in [0.25, 0.3) is 0 Å². The first-order chi connectivity index (χ1) is 18.6. The molecule has 0 aliphatic carbocycles. The number of aliphatic hydroxyl groups is 1. The van der Waals surface area contributed by atoms with Crippen LogP contribution in [0.2, 0.25) is 0 Å². The molecule has 1 unspecified atom stereocenters. The number of hydrogen-bond acceptors (Lipinski definition) is 5. The van der Waals surface area contributed by atoms with Crippen molar-refractivity contribution in [3.8, 4) is 0 Å². The Kier molecular flexibility index (Phi) is 28.2. The van der Waals surface area contributed by atoms with E-state index in [1.807, 2.05) is 0 Å². The molecule has 0 bridgehead atoms. The molecule has 1 N–H and O–H groups in total. The molecule has 5 nitrogen and oxygen atoms in total. The smallest absolute Gasteiger partial charge is 0.306 e. The molecule has 0 amide bonds. The van der Waals surface area contributed by atoms with Gasteiger partial charge in [-0.25, -0.2) is 0 Å². The zero-order valence-corrected chi connectivity index (χ0v) is 24.7. The van der Waals surface area contributed by atoms with Crippen LogP contribution < -0.4 is 0 Å². The number of hydrogen-bond donors (Lipinski definition) is 1. The van der Waals surface area contributed by atoms with Gasteiger partial charge in [0, 0.05) is 12.8 Å². The van der Waals surface area contributed by atoms with Crippen molar-refractivity contribution in [1.82, 2.24) is 0 Å². The normalized spacial score (nSPS) is 12.6. The second-order valence-corrected chi connectivity index (χ2v) is 10.2. The van der Waals surface area contributed by atoms with Crippen LogP contribution in [0.5, 0.6) is 0 Å². The van der Waals surface area contributed by atoms with Crippen LogP contribution in [0.1, 0.15) is 142 Å². The summed E-state index contributed by atoms with van der Waals surface area (Å²) in [6.45, 7) is 3.96. The minimum Gasteiger partial charge on any atom is -0.462 e. The molecule has 0 heterocycles. The van der Waals surface area contributed by atoms with E-state index in [9.17, 15) is 14.7 Å². The van der Waals surface area contributed by atoms with Gasteiger partial charge in [0.2, 0.25) is 0 Å². The lowest BCUT2D eigenvalue weighted by molar-refractivity contribution is -0.161. The van der Waals surface area contributed by atoms with Gasteiger partial charge in [-0.3, -0.25) is 9.59 Å². The number of esters is 2. The zero-order valence-electron chi connectivity index (χ0n) is 24.7. The average Bonchev–Trinajstić information content (AvgIpc) is 2.92. The summed E-state index contributed by atoms with van der Waals surface area (Å²) in [6.07, 6.45) is 33.4. The van der Waals surface area contributed by atoms with Crippen molar-refractivity contribution in [3.05, 3.63) is 36.5 Å². The summed E-state index contributed by atoms with van der Waals surface area (Å²) in [4.78, 5) is 24.0. The molecule has 0 saturated heterocycles. The minimum atomic E-state index is -0.780. The van der Waals surface area contributed by atoms with Crippen LogP contribution in [0, 0.1) is 0 Å². The molecule has 38 heavy (non-hydrogen) atoms. The Balaban J connectivity index is 3.66. The fourth-order valence-electron chi connectivity index (χ4n) is 4.10. The van der Waals surface area contributed by atoms with Crippen molar-refractivity contribution >= 4 is 11.9 Å². The van der Waals surface area contributed by atoms with Gasteiger partial charge in [0.1, 0.15) is 6.61 Å². The number of rotatable bonds is 27. The molecular weight excluding hydrogens is 476 g/mol. The van der Waals surface area contributed by atoms with E-state index in [0.29, 0.717) is 12.8 Å². The van der Waals surface area contributed by atoms with Crippen LogP contribution in [0.4, 0.5) is 0 Å². The van der Waals surface area contributed by atoms with E-state index < -0.39 is 6.10 Å². The fourth-order valence-corrected chi connectivity index (χ4v) is 4.10. The van der Waals surface area contributed by atoms with E-state index in [0.717, 1.165) is 64.2 Å². The molecule has 0 aromatic carbocycles. The maximum Gasteiger partial charge on any atom is 0.306 e. The third kappa shape index (κ3) is 27.2. The monoisotopic (exact) mass is 534 g/mol. The highest BCUT2D eigenvalue weighted by atomic mass is 16.6. The summed E-state index contributed by atoms with van der Waals surface area (Å²) in [5, 5.41) is 9.46. The van der Waals surface area contributed by atoms with Crippen LogP contribution in [-0.4, -0.2) is 36.4 Å². The third-order valence-electron chi connectivity index (χ3n) is 6.45. The lowest BCUT2D eigenvalue weighted by atomic mass is 10.1. The molecule has 0 radical (unpaired) electrons. The quantitative estimate of drug-likeness (QED) is 0.0647. The SMILES string of the molecule is CC/C=C\C/C=C\C/C=C\CCCCCC(=O)OC(CO)COC(=O)CCCCCCCCCCCCC. The van der Waals surface area contributed by atoms with E-state index in [1.165, 1.54) is 51.4 Å². The van der Waals surface area contributed by atoms with Gasteiger partial charge < -0.3 is 14.6 Å². The molecule has 0 rings (SSSR count). The highest BCUT2D eigenvalue weighted by Gasteiger charge is 2.16. The summed E-state index contributed by atoms with van der Waals surface area (Å²) in [5.41, 5.74) is 0. The molecule has 0 saturated carbocycles. The molecule has 0 aromatic heterocycles. The second kappa shape index (κ2) is 29.7. The lowest BCUT2D eigenvalue weighted by Gasteiger charge is -2.15. The summed E-state index contributed by atoms with van der Waals surface area (Å²) in [6, 6.07) is 0. The Morgan fingerprint density at radius 1 is 0.632 bits per heavy atom. The van der Waals surface area contributed by atoms with E-state index in [-0.39, 0.29) is 25.2 Å². The summed E-state index contributed by atoms with van der Waals surface area (Å²) in [5.74, 6) is -0.629. The first-order valence-corrected chi connectivity index (χ1v) is 15.5. The standard InChI is InChI=1S/C33H58O5/c1-3-5-7-9-11-13-15-16-18-20-22-24-26-28-33(36)38-31(29-34)30-37-32(35)27-25-23-21-19-17-14-12-10-8-6-4-2/h5,7,11,13,16,18,31,34H,3-4,6,8-10,12,14-15,17,19-30H2,1-2H3/b7-5-,13-11-,18-16-. The maximum absolute atomic E-state index is 12.0. The molecule has 0 aliphatic rings. The number of allylic oxidation sites excluding steroid dienone is 6. The Bertz CT molecular complexity index is 623. The number of carbonyl (C=O) groups excluding carboxylic acids is 2. The molecule has 1 atom stereocenters. The van der Waals surface area contributed by atoms with Crippen molar-refractivity contribution in [2.75, 3.05) is 13.2 Å². The maximum atomic E-state index is 12.0. The molecule has 220 valence electrons. The Morgan fingerprint density at radius 2 is 1.13 bits per heavy atom. The highest BCUT2D eigenvalue weighted by molar-refractivity contribution is 5.70. The summed E-state index contributed by atoms with van der Waals surface area (Å²) in [7, 11) is 0. The summed E-state index contributed by atoms with van der Waals surface area (Å²) >= 11 is 0. The second-order valence-electron chi connectivity index (χ2n) is 10.2. The van der Waals surface area contributed by atoms with Crippen LogP contribution in [0.3, 0.4) is 0 Å². The molecule has 0 spiro atoms. The van der Waals surface area contributed by atoms with Gasteiger partial charge in [-0.2, -0.15) is 0 Å². The highest BCUT2D eigenvalue weighted by Crippen LogP contribution is 2.12. The van der Waals surface area contributed by atoms with Gasteiger partial charge in [0.05, 0.1) is 6.61 Å². The molecule has 0 aliphatic heterocycles. The van der Waals surface area contributed by atoms with Crippen molar-refractivity contribution in [2.24, 2.45) is 0 Å².